The van der Waals surface area contributed by atoms with E-state index in [1.54, 1.807) is 6.07 Å². The Morgan fingerprint density at radius 2 is 2.00 bits per heavy atom. The van der Waals surface area contributed by atoms with Crippen LogP contribution in [0.1, 0.15) is 24.8 Å². The Morgan fingerprint density at radius 1 is 1.16 bits per heavy atom. The van der Waals surface area contributed by atoms with Gasteiger partial charge in [-0.2, -0.15) is 0 Å². The molecule has 1 fully saturated rings. The molecule has 0 radical (unpaired) electrons. The van der Waals surface area contributed by atoms with Crippen molar-refractivity contribution < 1.29 is 14.3 Å². The Bertz CT molecular complexity index is 861. The van der Waals surface area contributed by atoms with Gasteiger partial charge in [0.1, 0.15) is 0 Å². The number of amides is 1. The van der Waals surface area contributed by atoms with Gasteiger partial charge >= 0.3 is 0 Å². The molecule has 7 nitrogen and oxygen atoms in total. The molecule has 0 bridgehead atoms. The summed E-state index contributed by atoms with van der Waals surface area (Å²) in [6.07, 6.45) is 2.53. The third-order valence-electron chi connectivity index (χ3n) is 4.68. The third-order valence-corrected chi connectivity index (χ3v) is 4.68. The second kappa shape index (κ2) is 6.76. The molecule has 2 aliphatic heterocycles. The van der Waals surface area contributed by atoms with E-state index in [2.05, 4.69) is 10.3 Å². The number of nitrogens with zero attached hydrogens (tertiary/aromatic N) is 1. The van der Waals surface area contributed by atoms with E-state index in [-0.39, 0.29) is 18.3 Å². The number of H-pyrrole nitrogens is 1. The number of likely N-dealkylation sites (tertiary alicyclic amines) is 1. The number of benzene rings is 1. The summed E-state index contributed by atoms with van der Waals surface area (Å²) >= 11 is 0. The van der Waals surface area contributed by atoms with Crippen LogP contribution in [-0.2, 0) is 11.3 Å². The minimum atomic E-state index is -0.103. The number of fused-ring (bicyclic) bond motifs is 2. The molecule has 3 heterocycles. The number of carbonyl (C=O) groups is 1. The maximum atomic E-state index is 12.2. The first-order chi connectivity index (χ1) is 12.2. The number of nitrogens with one attached hydrogen (secondary N) is 2. The van der Waals surface area contributed by atoms with Crippen molar-refractivity contribution in [2.45, 2.75) is 25.8 Å². The first-order valence-corrected chi connectivity index (χ1v) is 8.65. The Labute approximate surface area is 144 Å². The van der Waals surface area contributed by atoms with E-state index in [0.29, 0.717) is 30.0 Å². The molecule has 1 aromatic heterocycles. The van der Waals surface area contributed by atoms with Gasteiger partial charge in [-0.05, 0) is 31.5 Å². The van der Waals surface area contributed by atoms with E-state index in [4.69, 9.17) is 9.47 Å². The number of aromatic amines is 1. The monoisotopic (exact) mass is 343 g/mol. The van der Waals surface area contributed by atoms with Gasteiger partial charge in [-0.3, -0.25) is 9.59 Å². The highest BCUT2D eigenvalue weighted by Gasteiger charge is 2.19. The van der Waals surface area contributed by atoms with Gasteiger partial charge in [-0.1, -0.05) is 0 Å². The maximum absolute atomic E-state index is 12.2. The Hall–Kier alpha value is -2.54. The van der Waals surface area contributed by atoms with E-state index in [9.17, 15) is 9.59 Å². The van der Waals surface area contributed by atoms with Gasteiger partial charge in [-0.15, -0.1) is 0 Å². The molecule has 2 N–H and O–H groups in total. The van der Waals surface area contributed by atoms with Crippen molar-refractivity contribution in [3.05, 3.63) is 34.1 Å². The molecule has 1 amide bonds. The average Bonchev–Trinajstić information content (AvgIpc) is 3.21. The topological polar surface area (TPSA) is 83.7 Å². The van der Waals surface area contributed by atoms with Crippen LogP contribution in [0.25, 0.3) is 10.9 Å². The number of ether oxygens (including phenoxy) is 2. The summed E-state index contributed by atoms with van der Waals surface area (Å²) in [5.74, 6) is 1.61. The molecule has 7 heteroatoms. The van der Waals surface area contributed by atoms with E-state index >= 15 is 0 Å². The quantitative estimate of drug-likeness (QED) is 0.774. The molecule has 0 aliphatic carbocycles. The van der Waals surface area contributed by atoms with E-state index in [1.165, 1.54) is 0 Å². The molecular weight excluding hydrogens is 322 g/mol. The van der Waals surface area contributed by atoms with E-state index in [0.717, 1.165) is 43.4 Å². The lowest BCUT2D eigenvalue weighted by Gasteiger charge is -2.15. The first kappa shape index (κ1) is 16.0. The smallest absolute Gasteiger partial charge is 0.252 e. The number of hydrogen-bond acceptors (Lipinski definition) is 5. The van der Waals surface area contributed by atoms with Crippen molar-refractivity contribution >= 4 is 16.8 Å². The molecule has 25 heavy (non-hydrogen) atoms. The van der Waals surface area contributed by atoms with Gasteiger partial charge < -0.3 is 24.7 Å². The SMILES string of the molecule is O=C1CCCN1CCCNCc1cc2cc3c(cc2[nH]c1=O)OCO3. The largest absolute Gasteiger partial charge is 0.454 e. The van der Waals surface area contributed by atoms with Crippen LogP contribution >= 0.6 is 0 Å². The summed E-state index contributed by atoms with van der Waals surface area (Å²) in [5, 5.41) is 4.20. The lowest BCUT2D eigenvalue weighted by molar-refractivity contribution is -0.127. The summed E-state index contributed by atoms with van der Waals surface area (Å²) in [4.78, 5) is 28.6. The Kier molecular flexibility index (Phi) is 4.31. The van der Waals surface area contributed by atoms with Crippen molar-refractivity contribution in [3.63, 3.8) is 0 Å². The highest BCUT2D eigenvalue weighted by Crippen LogP contribution is 2.35. The molecule has 1 saturated heterocycles. The second-order valence-corrected chi connectivity index (χ2v) is 6.43. The van der Waals surface area contributed by atoms with Crippen LogP contribution in [0.3, 0.4) is 0 Å². The molecule has 0 saturated carbocycles. The summed E-state index contributed by atoms with van der Waals surface area (Å²) in [6, 6.07) is 5.56. The molecule has 0 atom stereocenters. The van der Waals surface area contributed by atoms with Crippen molar-refractivity contribution in [1.29, 1.82) is 0 Å². The van der Waals surface area contributed by atoms with Crippen molar-refractivity contribution in [1.82, 2.24) is 15.2 Å². The summed E-state index contributed by atoms with van der Waals surface area (Å²) < 4.78 is 10.7. The molecule has 1 aromatic carbocycles. The van der Waals surface area contributed by atoms with Gasteiger partial charge in [0.25, 0.3) is 5.56 Å². The minimum absolute atomic E-state index is 0.103. The Balaban J connectivity index is 1.36. The van der Waals surface area contributed by atoms with Crippen LogP contribution in [-0.4, -0.2) is 42.2 Å². The maximum Gasteiger partial charge on any atom is 0.252 e. The zero-order valence-corrected chi connectivity index (χ0v) is 14.0. The zero-order valence-electron chi connectivity index (χ0n) is 14.0. The second-order valence-electron chi connectivity index (χ2n) is 6.43. The average molecular weight is 343 g/mol. The van der Waals surface area contributed by atoms with Gasteiger partial charge in [0.15, 0.2) is 11.5 Å². The van der Waals surface area contributed by atoms with Crippen molar-refractivity contribution in [2.24, 2.45) is 0 Å². The van der Waals surface area contributed by atoms with Crippen LogP contribution in [0.4, 0.5) is 0 Å². The molecule has 0 unspecified atom stereocenters. The normalized spacial score (nSPS) is 16.2. The number of pyridine rings is 1. The number of hydrogen-bond donors (Lipinski definition) is 2. The zero-order chi connectivity index (χ0) is 17.2. The fourth-order valence-electron chi connectivity index (χ4n) is 3.33. The number of aromatic nitrogens is 1. The Morgan fingerprint density at radius 3 is 2.80 bits per heavy atom. The molecule has 2 aromatic rings. The first-order valence-electron chi connectivity index (χ1n) is 8.65. The lowest BCUT2D eigenvalue weighted by Crippen LogP contribution is -2.29. The van der Waals surface area contributed by atoms with Gasteiger partial charge in [0, 0.05) is 43.1 Å². The lowest BCUT2D eigenvalue weighted by atomic mass is 10.1. The van der Waals surface area contributed by atoms with Crippen LogP contribution in [0.5, 0.6) is 11.5 Å². The molecule has 4 rings (SSSR count). The molecule has 132 valence electrons. The summed E-state index contributed by atoms with van der Waals surface area (Å²) in [6.45, 7) is 3.13. The van der Waals surface area contributed by atoms with Gasteiger partial charge in [0.2, 0.25) is 12.7 Å². The highest BCUT2D eigenvalue weighted by molar-refractivity contribution is 5.83. The summed E-state index contributed by atoms with van der Waals surface area (Å²) in [5.41, 5.74) is 1.32. The van der Waals surface area contributed by atoms with Gasteiger partial charge in [-0.25, -0.2) is 0 Å². The highest BCUT2D eigenvalue weighted by atomic mass is 16.7. The minimum Gasteiger partial charge on any atom is -0.454 e. The summed E-state index contributed by atoms with van der Waals surface area (Å²) in [7, 11) is 0. The van der Waals surface area contributed by atoms with E-state index < -0.39 is 0 Å². The standard InChI is InChI=1S/C18H21N3O4/c22-17-3-1-5-21(17)6-2-4-19-10-13-7-12-8-15-16(25-11-24-15)9-14(12)20-18(13)23/h7-9,19H,1-6,10-11H2,(H,20,23). The van der Waals surface area contributed by atoms with Crippen LogP contribution in [0, 0.1) is 0 Å². The van der Waals surface area contributed by atoms with Crippen molar-refractivity contribution in [3.8, 4) is 11.5 Å². The van der Waals surface area contributed by atoms with E-state index in [1.807, 2.05) is 17.0 Å². The predicted octanol–water partition coefficient (Wildman–Crippen LogP) is 1.36. The van der Waals surface area contributed by atoms with Crippen LogP contribution in [0.15, 0.2) is 23.0 Å². The number of rotatable bonds is 6. The van der Waals surface area contributed by atoms with Crippen molar-refractivity contribution in [2.75, 3.05) is 26.4 Å². The fourth-order valence-corrected chi connectivity index (χ4v) is 3.33. The predicted molar refractivity (Wildman–Crippen MR) is 92.8 cm³/mol. The van der Waals surface area contributed by atoms with Crippen LogP contribution < -0.4 is 20.3 Å². The number of carbonyl (C=O) groups excluding carboxylic acids is 1. The fraction of sp³-hybridized carbons (Fsp3) is 0.444. The molecule has 2 aliphatic rings. The molecule has 0 spiro atoms. The van der Waals surface area contributed by atoms with Gasteiger partial charge in [0.05, 0.1) is 5.52 Å². The molecular formula is C18H21N3O4. The van der Waals surface area contributed by atoms with Crippen LogP contribution in [0.2, 0.25) is 0 Å². The third kappa shape index (κ3) is 3.32.